The SMILES string of the molecule is O=C/C=C/CCC1OCCO1. The summed E-state index contributed by atoms with van der Waals surface area (Å²) in [7, 11) is 0. The highest BCUT2D eigenvalue weighted by Gasteiger charge is 2.13. The second kappa shape index (κ2) is 5.04. The van der Waals surface area contributed by atoms with Crippen LogP contribution in [0.5, 0.6) is 0 Å². The van der Waals surface area contributed by atoms with Gasteiger partial charge in [-0.05, 0) is 12.5 Å². The lowest BCUT2D eigenvalue weighted by molar-refractivity contribution is -0.104. The first kappa shape index (κ1) is 8.43. The quantitative estimate of drug-likeness (QED) is 0.448. The number of hydrogen-bond acceptors (Lipinski definition) is 3. The Balaban J connectivity index is 2.01. The molecular weight excluding hydrogens is 144 g/mol. The van der Waals surface area contributed by atoms with Crippen molar-refractivity contribution in [3.63, 3.8) is 0 Å². The van der Waals surface area contributed by atoms with E-state index >= 15 is 0 Å². The normalized spacial score (nSPS) is 19.6. The molecule has 0 aromatic rings. The molecule has 0 N–H and O–H groups in total. The van der Waals surface area contributed by atoms with Crippen molar-refractivity contribution in [1.82, 2.24) is 0 Å². The summed E-state index contributed by atoms with van der Waals surface area (Å²) in [6.45, 7) is 1.39. The molecule has 1 fully saturated rings. The fourth-order valence-corrected chi connectivity index (χ4v) is 0.958. The molecule has 0 amide bonds. The average molecular weight is 156 g/mol. The predicted octanol–water partition coefficient (Wildman–Crippen LogP) is 0.895. The monoisotopic (exact) mass is 156 g/mol. The lowest BCUT2D eigenvalue weighted by atomic mass is 10.3. The molecule has 0 spiro atoms. The van der Waals surface area contributed by atoms with Crippen molar-refractivity contribution in [1.29, 1.82) is 0 Å². The van der Waals surface area contributed by atoms with Crippen LogP contribution in [0.15, 0.2) is 12.2 Å². The van der Waals surface area contributed by atoms with Gasteiger partial charge in [0.25, 0.3) is 0 Å². The highest BCUT2D eigenvalue weighted by atomic mass is 16.7. The molecule has 0 bridgehead atoms. The number of aldehydes is 1. The fourth-order valence-electron chi connectivity index (χ4n) is 0.958. The molecule has 62 valence electrons. The van der Waals surface area contributed by atoms with Crippen LogP contribution in [-0.4, -0.2) is 25.8 Å². The first-order valence-electron chi connectivity index (χ1n) is 3.77. The van der Waals surface area contributed by atoms with Crippen molar-refractivity contribution in [3.05, 3.63) is 12.2 Å². The Morgan fingerprint density at radius 3 is 2.73 bits per heavy atom. The number of ether oxygens (including phenoxy) is 2. The summed E-state index contributed by atoms with van der Waals surface area (Å²) in [5.74, 6) is 0. The molecule has 1 rings (SSSR count). The molecule has 0 saturated carbocycles. The van der Waals surface area contributed by atoms with Gasteiger partial charge in [0, 0.05) is 6.42 Å². The Bertz CT molecular complexity index is 136. The number of carbonyl (C=O) groups is 1. The van der Waals surface area contributed by atoms with Gasteiger partial charge in [0.05, 0.1) is 13.2 Å². The van der Waals surface area contributed by atoms with Crippen molar-refractivity contribution in [2.45, 2.75) is 19.1 Å². The summed E-state index contributed by atoms with van der Waals surface area (Å²) in [6, 6.07) is 0. The predicted molar refractivity (Wildman–Crippen MR) is 40.1 cm³/mol. The fraction of sp³-hybridized carbons (Fsp3) is 0.625. The van der Waals surface area contributed by atoms with Gasteiger partial charge in [-0.25, -0.2) is 0 Å². The first-order valence-corrected chi connectivity index (χ1v) is 3.77. The van der Waals surface area contributed by atoms with Crippen molar-refractivity contribution in [2.24, 2.45) is 0 Å². The number of hydrogen-bond donors (Lipinski definition) is 0. The van der Waals surface area contributed by atoms with Crippen LogP contribution >= 0.6 is 0 Å². The lowest BCUT2D eigenvalue weighted by Crippen LogP contribution is -2.05. The Kier molecular flexibility index (Phi) is 3.86. The molecular formula is C8H12O3. The first-order chi connectivity index (χ1) is 5.43. The van der Waals surface area contributed by atoms with Gasteiger partial charge in [0.1, 0.15) is 6.29 Å². The van der Waals surface area contributed by atoms with Gasteiger partial charge in [-0.3, -0.25) is 4.79 Å². The Morgan fingerprint density at radius 2 is 2.09 bits per heavy atom. The van der Waals surface area contributed by atoms with Crippen LogP contribution in [0.1, 0.15) is 12.8 Å². The minimum Gasteiger partial charge on any atom is -0.350 e. The van der Waals surface area contributed by atoms with E-state index in [1.807, 2.05) is 6.08 Å². The topological polar surface area (TPSA) is 35.5 Å². The molecule has 1 aliphatic heterocycles. The summed E-state index contributed by atoms with van der Waals surface area (Å²) in [4.78, 5) is 9.85. The molecule has 11 heavy (non-hydrogen) atoms. The third-order valence-electron chi connectivity index (χ3n) is 1.47. The summed E-state index contributed by atoms with van der Waals surface area (Å²) in [6.07, 6.45) is 5.71. The van der Waals surface area contributed by atoms with Crippen LogP contribution in [0, 0.1) is 0 Å². The molecule has 3 heteroatoms. The molecule has 1 aliphatic rings. The second-order valence-corrected chi connectivity index (χ2v) is 2.31. The zero-order chi connectivity index (χ0) is 7.94. The molecule has 0 unspecified atom stereocenters. The summed E-state index contributed by atoms with van der Waals surface area (Å²) in [5.41, 5.74) is 0. The summed E-state index contributed by atoms with van der Waals surface area (Å²) in [5, 5.41) is 0. The van der Waals surface area contributed by atoms with Gasteiger partial charge in [0.15, 0.2) is 6.29 Å². The third kappa shape index (κ3) is 3.30. The van der Waals surface area contributed by atoms with Crippen LogP contribution in [-0.2, 0) is 14.3 Å². The lowest BCUT2D eigenvalue weighted by Gasteiger charge is -2.04. The van der Waals surface area contributed by atoms with E-state index in [2.05, 4.69) is 0 Å². The Morgan fingerprint density at radius 1 is 1.36 bits per heavy atom. The van der Waals surface area contributed by atoms with E-state index in [1.54, 1.807) is 0 Å². The van der Waals surface area contributed by atoms with E-state index < -0.39 is 0 Å². The standard InChI is InChI=1S/C8H12O3/c9-5-3-1-2-4-8-10-6-7-11-8/h1,3,5,8H,2,4,6-7H2/b3-1+. The smallest absolute Gasteiger partial charge is 0.158 e. The van der Waals surface area contributed by atoms with Crippen molar-refractivity contribution >= 4 is 6.29 Å². The zero-order valence-corrected chi connectivity index (χ0v) is 6.36. The number of rotatable bonds is 4. The van der Waals surface area contributed by atoms with E-state index in [0.717, 1.165) is 19.1 Å². The maximum Gasteiger partial charge on any atom is 0.158 e. The number of allylic oxidation sites excluding steroid dienone is 2. The van der Waals surface area contributed by atoms with Gasteiger partial charge in [0.2, 0.25) is 0 Å². The van der Waals surface area contributed by atoms with Crippen molar-refractivity contribution in [3.8, 4) is 0 Å². The van der Waals surface area contributed by atoms with E-state index in [4.69, 9.17) is 9.47 Å². The maximum absolute atomic E-state index is 9.85. The van der Waals surface area contributed by atoms with E-state index in [0.29, 0.717) is 13.2 Å². The van der Waals surface area contributed by atoms with E-state index in [1.165, 1.54) is 6.08 Å². The molecule has 1 saturated heterocycles. The van der Waals surface area contributed by atoms with Crippen LogP contribution in [0.4, 0.5) is 0 Å². The second-order valence-electron chi connectivity index (χ2n) is 2.31. The van der Waals surface area contributed by atoms with Crippen LogP contribution in [0.3, 0.4) is 0 Å². The van der Waals surface area contributed by atoms with E-state index in [-0.39, 0.29) is 6.29 Å². The Labute approximate surface area is 66.0 Å². The maximum atomic E-state index is 9.85. The van der Waals surface area contributed by atoms with Gasteiger partial charge in [-0.15, -0.1) is 0 Å². The zero-order valence-electron chi connectivity index (χ0n) is 6.36. The molecule has 0 radical (unpaired) electrons. The Hall–Kier alpha value is -0.670. The van der Waals surface area contributed by atoms with Crippen LogP contribution < -0.4 is 0 Å². The average Bonchev–Trinajstić information content (AvgIpc) is 2.50. The summed E-state index contributed by atoms with van der Waals surface area (Å²) < 4.78 is 10.4. The highest BCUT2D eigenvalue weighted by Crippen LogP contribution is 2.09. The molecule has 1 heterocycles. The minimum atomic E-state index is -0.0497. The van der Waals surface area contributed by atoms with Crippen LogP contribution in [0.2, 0.25) is 0 Å². The van der Waals surface area contributed by atoms with Gasteiger partial charge in [-0.1, -0.05) is 6.08 Å². The molecule has 0 aromatic carbocycles. The van der Waals surface area contributed by atoms with Crippen molar-refractivity contribution < 1.29 is 14.3 Å². The summed E-state index contributed by atoms with van der Waals surface area (Å²) >= 11 is 0. The van der Waals surface area contributed by atoms with Gasteiger partial charge in [-0.2, -0.15) is 0 Å². The van der Waals surface area contributed by atoms with Crippen LogP contribution in [0.25, 0.3) is 0 Å². The van der Waals surface area contributed by atoms with Gasteiger partial charge < -0.3 is 9.47 Å². The largest absolute Gasteiger partial charge is 0.350 e. The molecule has 0 atom stereocenters. The van der Waals surface area contributed by atoms with Crippen molar-refractivity contribution in [2.75, 3.05) is 13.2 Å². The molecule has 0 aliphatic carbocycles. The van der Waals surface area contributed by atoms with Gasteiger partial charge >= 0.3 is 0 Å². The van der Waals surface area contributed by atoms with E-state index in [9.17, 15) is 4.79 Å². The third-order valence-corrected chi connectivity index (χ3v) is 1.47. The highest BCUT2D eigenvalue weighted by molar-refractivity contribution is 5.64. The molecule has 3 nitrogen and oxygen atoms in total. The minimum absolute atomic E-state index is 0.0497. The molecule has 0 aromatic heterocycles. The number of carbonyl (C=O) groups excluding carboxylic acids is 1.